The quantitative estimate of drug-likeness (QED) is 0.531. The average molecular weight is 292 g/mol. The van der Waals surface area contributed by atoms with Crippen molar-refractivity contribution in [2.45, 2.75) is 6.92 Å². The van der Waals surface area contributed by atoms with Crippen LogP contribution in [0.1, 0.15) is 5.69 Å². The Labute approximate surface area is 124 Å². The number of fused-ring (bicyclic) bond motifs is 3. The van der Waals surface area contributed by atoms with Gasteiger partial charge in [0.05, 0.1) is 11.3 Å². The molecule has 3 heterocycles. The van der Waals surface area contributed by atoms with E-state index in [1.165, 1.54) is 6.20 Å². The fourth-order valence-electron chi connectivity index (χ4n) is 2.61. The summed E-state index contributed by atoms with van der Waals surface area (Å²) in [5.41, 5.74) is 3.74. The van der Waals surface area contributed by atoms with Gasteiger partial charge in [-0.1, -0.05) is 30.3 Å². The fourth-order valence-corrected chi connectivity index (χ4v) is 2.61. The standard InChI is InChI=1S/C15H12N6O/c1-9-12(10-5-3-2-4-6-10)14-18-17-13-11(21(14)19-9)7-8-20(16)15(13)22/h2-8H,16H2,1H3. The third kappa shape index (κ3) is 1.62. The number of aromatic nitrogens is 5. The van der Waals surface area contributed by atoms with Crippen LogP contribution < -0.4 is 11.4 Å². The molecule has 7 heteroatoms. The van der Waals surface area contributed by atoms with Crippen molar-refractivity contribution in [1.29, 1.82) is 0 Å². The second kappa shape index (κ2) is 4.39. The lowest BCUT2D eigenvalue weighted by molar-refractivity contribution is 0.891. The molecule has 7 nitrogen and oxygen atoms in total. The number of nitrogen functional groups attached to an aromatic ring is 1. The normalized spacial score (nSPS) is 11.3. The van der Waals surface area contributed by atoms with Crippen molar-refractivity contribution >= 4 is 16.7 Å². The van der Waals surface area contributed by atoms with Crippen LogP contribution in [0.25, 0.3) is 27.8 Å². The minimum atomic E-state index is -0.402. The summed E-state index contributed by atoms with van der Waals surface area (Å²) in [5, 5.41) is 12.7. The topological polar surface area (TPSA) is 91.1 Å². The third-order valence-corrected chi connectivity index (χ3v) is 3.64. The van der Waals surface area contributed by atoms with Crippen molar-refractivity contribution in [2.75, 3.05) is 5.84 Å². The molecular weight excluding hydrogens is 280 g/mol. The van der Waals surface area contributed by atoms with Gasteiger partial charge in [0.15, 0.2) is 11.2 Å². The van der Waals surface area contributed by atoms with E-state index in [9.17, 15) is 4.79 Å². The molecule has 0 radical (unpaired) electrons. The highest BCUT2D eigenvalue weighted by molar-refractivity contribution is 5.84. The number of nitrogens with zero attached hydrogens (tertiary/aromatic N) is 5. The van der Waals surface area contributed by atoms with E-state index in [0.29, 0.717) is 11.2 Å². The highest BCUT2D eigenvalue weighted by Gasteiger charge is 2.16. The number of benzene rings is 1. The van der Waals surface area contributed by atoms with Crippen LogP contribution in [0.4, 0.5) is 0 Å². The molecule has 0 saturated carbocycles. The van der Waals surface area contributed by atoms with Gasteiger partial charge in [-0.05, 0) is 18.6 Å². The summed E-state index contributed by atoms with van der Waals surface area (Å²) in [7, 11) is 0. The van der Waals surface area contributed by atoms with Crippen molar-refractivity contribution in [2.24, 2.45) is 0 Å². The summed E-state index contributed by atoms with van der Waals surface area (Å²) in [6.07, 6.45) is 1.49. The van der Waals surface area contributed by atoms with Crippen LogP contribution in [-0.2, 0) is 0 Å². The average Bonchev–Trinajstić information content (AvgIpc) is 2.88. The first-order chi connectivity index (χ1) is 10.7. The molecule has 0 bridgehead atoms. The molecule has 0 aliphatic heterocycles. The van der Waals surface area contributed by atoms with Crippen LogP contribution in [0.15, 0.2) is 47.4 Å². The van der Waals surface area contributed by atoms with Crippen LogP contribution in [-0.4, -0.2) is 24.5 Å². The highest BCUT2D eigenvalue weighted by Crippen LogP contribution is 2.27. The molecule has 0 saturated heterocycles. The lowest BCUT2D eigenvalue weighted by Crippen LogP contribution is -2.27. The van der Waals surface area contributed by atoms with Gasteiger partial charge in [0.25, 0.3) is 5.56 Å². The molecule has 3 aromatic heterocycles. The highest BCUT2D eigenvalue weighted by atomic mass is 16.1. The summed E-state index contributed by atoms with van der Waals surface area (Å²) in [4.78, 5) is 12.0. The lowest BCUT2D eigenvalue weighted by atomic mass is 10.1. The van der Waals surface area contributed by atoms with Gasteiger partial charge in [-0.2, -0.15) is 5.10 Å². The second-order valence-corrected chi connectivity index (χ2v) is 5.02. The largest absolute Gasteiger partial charge is 0.336 e. The first kappa shape index (κ1) is 12.5. The summed E-state index contributed by atoms with van der Waals surface area (Å²) >= 11 is 0. The first-order valence-electron chi connectivity index (χ1n) is 6.74. The van der Waals surface area contributed by atoms with E-state index < -0.39 is 5.56 Å². The lowest BCUT2D eigenvalue weighted by Gasteiger charge is -2.02. The fraction of sp³-hybridized carbons (Fsp3) is 0.0667. The van der Waals surface area contributed by atoms with Crippen molar-refractivity contribution in [3.8, 4) is 11.1 Å². The van der Waals surface area contributed by atoms with Crippen LogP contribution in [0.2, 0.25) is 0 Å². The predicted molar refractivity (Wildman–Crippen MR) is 82.9 cm³/mol. The van der Waals surface area contributed by atoms with Gasteiger partial charge in [-0.25, -0.2) is 9.19 Å². The van der Waals surface area contributed by atoms with Crippen molar-refractivity contribution in [3.05, 3.63) is 58.6 Å². The molecule has 1 aromatic carbocycles. The van der Waals surface area contributed by atoms with Gasteiger partial charge in [0.1, 0.15) is 5.52 Å². The van der Waals surface area contributed by atoms with E-state index in [1.54, 1.807) is 10.6 Å². The summed E-state index contributed by atoms with van der Waals surface area (Å²) in [6.45, 7) is 1.91. The molecule has 108 valence electrons. The summed E-state index contributed by atoms with van der Waals surface area (Å²) in [5.74, 6) is 5.56. The molecule has 0 spiro atoms. The Balaban J connectivity index is 2.15. The molecule has 0 fully saturated rings. The predicted octanol–water partition coefficient (Wildman–Crippen LogP) is 1.13. The Morgan fingerprint density at radius 1 is 1.09 bits per heavy atom. The van der Waals surface area contributed by atoms with E-state index in [4.69, 9.17) is 5.84 Å². The Morgan fingerprint density at radius 3 is 2.64 bits per heavy atom. The Kier molecular flexibility index (Phi) is 2.50. The number of hydrogen-bond acceptors (Lipinski definition) is 5. The smallest absolute Gasteiger partial charge is 0.298 e. The van der Waals surface area contributed by atoms with E-state index in [1.807, 2.05) is 37.3 Å². The molecule has 4 aromatic rings. The van der Waals surface area contributed by atoms with E-state index in [0.717, 1.165) is 21.5 Å². The second-order valence-electron chi connectivity index (χ2n) is 5.02. The van der Waals surface area contributed by atoms with Gasteiger partial charge in [0.2, 0.25) is 0 Å². The Hall–Kier alpha value is -3.22. The zero-order valence-electron chi connectivity index (χ0n) is 11.8. The number of aryl methyl sites for hydroxylation is 1. The van der Waals surface area contributed by atoms with Crippen LogP contribution in [0.5, 0.6) is 0 Å². The van der Waals surface area contributed by atoms with Crippen LogP contribution in [0.3, 0.4) is 0 Å². The molecule has 4 rings (SSSR count). The Bertz CT molecular complexity index is 1060. The van der Waals surface area contributed by atoms with Crippen LogP contribution in [0, 0.1) is 6.92 Å². The summed E-state index contributed by atoms with van der Waals surface area (Å²) in [6, 6.07) is 11.6. The number of pyridine rings is 1. The van der Waals surface area contributed by atoms with Crippen molar-refractivity contribution in [3.63, 3.8) is 0 Å². The minimum Gasteiger partial charge on any atom is -0.336 e. The zero-order valence-corrected chi connectivity index (χ0v) is 11.8. The first-order valence-corrected chi connectivity index (χ1v) is 6.74. The van der Waals surface area contributed by atoms with Gasteiger partial charge in [0, 0.05) is 6.20 Å². The van der Waals surface area contributed by atoms with Crippen LogP contribution >= 0.6 is 0 Å². The molecule has 0 amide bonds. The molecule has 2 N–H and O–H groups in total. The maximum absolute atomic E-state index is 12.0. The molecular formula is C15H12N6O. The molecule has 0 unspecified atom stereocenters. The SMILES string of the molecule is Cc1nn2c(nnc3c(=O)n(N)ccc32)c1-c1ccccc1. The van der Waals surface area contributed by atoms with E-state index in [2.05, 4.69) is 15.3 Å². The minimum absolute atomic E-state index is 0.194. The van der Waals surface area contributed by atoms with E-state index >= 15 is 0 Å². The van der Waals surface area contributed by atoms with Crippen molar-refractivity contribution < 1.29 is 0 Å². The summed E-state index contributed by atoms with van der Waals surface area (Å²) < 4.78 is 2.62. The zero-order chi connectivity index (χ0) is 15.3. The van der Waals surface area contributed by atoms with E-state index in [-0.39, 0.29) is 5.52 Å². The molecule has 0 aliphatic rings. The number of rotatable bonds is 1. The van der Waals surface area contributed by atoms with Gasteiger partial charge < -0.3 is 5.84 Å². The number of nitrogens with two attached hydrogens (primary N) is 1. The van der Waals surface area contributed by atoms with Gasteiger partial charge in [-0.15, -0.1) is 10.2 Å². The van der Waals surface area contributed by atoms with Gasteiger partial charge >= 0.3 is 0 Å². The Morgan fingerprint density at radius 2 is 1.86 bits per heavy atom. The molecule has 0 atom stereocenters. The molecule has 22 heavy (non-hydrogen) atoms. The van der Waals surface area contributed by atoms with Crippen molar-refractivity contribution in [1.82, 2.24) is 24.5 Å². The maximum Gasteiger partial charge on any atom is 0.298 e. The third-order valence-electron chi connectivity index (χ3n) is 3.64. The molecule has 0 aliphatic carbocycles. The maximum atomic E-state index is 12.0. The van der Waals surface area contributed by atoms with Gasteiger partial charge in [-0.3, -0.25) is 4.79 Å². The number of hydrogen-bond donors (Lipinski definition) is 1. The monoisotopic (exact) mass is 292 g/mol.